The van der Waals surface area contributed by atoms with E-state index in [-0.39, 0.29) is 0 Å². The van der Waals surface area contributed by atoms with E-state index >= 15 is 0 Å². The third kappa shape index (κ3) is 2.58. The Morgan fingerprint density at radius 2 is 2.43 bits per heavy atom. The fourth-order valence-corrected chi connectivity index (χ4v) is 2.21. The zero-order valence-electron chi connectivity index (χ0n) is 8.82. The lowest BCUT2D eigenvalue weighted by Gasteiger charge is -2.12. The van der Waals surface area contributed by atoms with Crippen molar-refractivity contribution < 1.29 is 0 Å². The standard InChI is InChI=1S/C11H19N3/c1-10-2-3-11(8-10)13-5-7-14-6-4-12-9-14/h4,6,9-11,13H,2-3,5,7-8H2,1H3. The monoisotopic (exact) mass is 193 g/mol. The first-order valence-electron chi connectivity index (χ1n) is 5.53. The highest BCUT2D eigenvalue weighted by Crippen LogP contribution is 2.24. The van der Waals surface area contributed by atoms with Gasteiger partial charge in [0.05, 0.1) is 6.33 Å². The molecular weight excluding hydrogens is 174 g/mol. The van der Waals surface area contributed by atoms with Crippen LogP contribution in [0.15, 0.2) is 18.7 Å². The van der Waals surface area contributed by atoms with Crippen molar-refractivity contribution >= 4 is 0 Å². The predicted molar refractivity (Wildman–Crippen MR) is 57.0 cm³/mol. The van der Waals surface area contributed by atoms with Gasteiger partial charge >= 0.3 is 0 Å². The first kappa shape index (κ1) is 9.71. The molecule has 14 heavy (non-hydrogen) atoms. The molecule has 1 aliphatic carbocycles. The summed E-state index contributed by atoms with van der Waals surface area (Å²) in [5.74, 6) is 0.917. The molecular formula is C11H19N3. The lowest BCUT2D eigenvalue weighted by molar-refractivity contribution is 0.482. The molecule has 1 N–H and O–H groups in total. The third-order valence-corrected chi connectivity index (χ3v) is 3.06. The maximum atomic E-state index is 4.02. The number of imidazole rings is 1. The van der Waals surface area contributed by atoms with E-state index < -0.39 is 0 Å². The number of nitrogens with one attached hydrogen (secondary N) is 1. The number of nitrogens with zero attached hydrogens (tertiary/aromatic N) is 2. The van der Waals surface area contributed by atoms with Crippen molar-refractivity contribution in [1.29, 1.82) is 0 Å². The van der Waals surface area contributed by atoms with Crippen molar-refractivity contribution in [1.82, 2.24) is 14.9 Å². The molecule has 2 atom stereocenters. The van der Waals surface area contributed by atoms with Gasteiger partial charge in [-0.3, -0.25) is 0 Å². The van der Waals surface area contributed by atoms with E-state index in [1.807, 2.05) is 18.7 Å². The van der Waals surface area contributed by atoms with Crippen LogP contribution in [0.5, 0.6) is 0 Å². The van der Waals surface area contributed by atoms with E-state index in [1.54, 1.807) is 0 Å². The second kappa shape index (κ2) is 4.60. The zero-order chi connectivity index (χ0) is 9.80. The highest BCUT2D eigenvalue weighted by molar-refractivity contribution is 4.79. The normalized spacial score (nSPS) is 26.9. The molecule has 1 fully saturated rings. The molecule has 0 amide bonds. The van der Waals surface area contributed by atoms with Crippen LogP contribution < -0.4 is 5.32 Å². The van der Waals surface area contributed by atoms with Crippen molar-refractivity contribution in [2.45, 2.75) is 38.8 Å². The quantitative estimate of drug-likeness (QED) is 0.788. The van der Waals surface area contributed by atoms with Crippen LogP contribution in [0, 0.1) is 5.92 Å². The molecule has 1 saturated carbocycles. The summed E-state index contributed by atoms with van der Waals surface area (Å²) in [6, 6.07) is 0.758. The van der Waals surface area contributed by atoms with Crippen molar-refractivity contribution in [2.24, 2.45) is 5.92 Å². The van der Waals surface area contributed by atoms with Crippen LogP contribution in [0.25, 0.3) is 0 Å². The molecule has 2 unspecified atom stereocenters. The first-order valence-corrected chi connectivity index (χ1v) is 5.53. The Labute approximate surface area is 85.5 Å². The fourth-order valence-electron chi connectivity index (χ4n) is 2.21. The highest BCUT2D eigenvalue weighted by Gasteiger charge is 2.19. The Kier molecular flexibility index (Phi) is 3.19. The average Bonchev–Trinajstić information content (AvgIpc) is 2.77. The SMILES string of the molecule is CC1CCC(NCCn2ccnc2)C1. The van der Waals surface area contributed by atoms with E-state index in [0.717, 1.165) is 25.0 Å². The molecule has 1 aliphatic rings. The van der Waals surface area contributed by atoms with Crippen molar-refractivity contribution in [2.75, 3.05) is 6.54 Å². The van der Waals surface area contributed by atoms with Crippen molar-refractivity contribution in [3.63, 3.8) is 0 Å². The molecule has 0 bridgehead atoms. The van der Waals surface area contributed by atoms with E-state index in [1.165, 1.54) is 19.3 Å². The van der Waals surface area contributed by atoms with E-state index in [4.69, 9.17) is 0 Å². The number of rotatable bonds is 4. The van der Waals surface area contributed by atoms with Gasteiger partial charge in [-0.2, -0.15) is 0 Å². The van der Waals surface area contributed by atoms with Gasteiger partial charge in [-0.15, -0.1) is 0 Å². The minimum Gasteiger partial charge on any atom is -0.336 e. The Morgan fingerprint density at radius 1 is 1.50 bits per heavy atom. The molecule has 0 aromatic carbocycles. The topological polar surface area (TPSA) is 29.9 Å². The molecule has 0 radical (unpaired) electrons. The molecule has 2 rings (SSSR count). The lowest BCUT2D eigenvalue weighted by Crippen LogP contribution is -2.29. The van der Waals surface area contributed by atoms with Gasteiger partial charge in [0.15, 0.2) is 0 Å². The molecule has 0 aliphatic heterocycles. The largest absolute Gasteiger partial charge is 0.336 e. The van der Waals surface area contributed by atoms with Crippen molar-refractivity contribution in [3.05, 3.63) is 18.7 Å². The number of aromatic nitrogens is 2. The summed E-state index contributed by atoms with van der Waals surface area (Å²) < 4.78 is 2.12. The van der Waals surface area contributed by atoms with Crippen LogP contribution in [0.1, 0.15) is 26.2 Å². The van der Waals surface area contributed by atoms with E-state index in [2.05, 4.69) is 21.8 Å². The van der Waals surface area contributed by atoms with E-state index in [0.29, 0.717) is 0 Å². The minimum absolute atomic E-state index is 0.758. The average molecular weight is 193 g/mol. The Balaban J connectivity index is 1.64. The zero-order valence-corrected chi connectivity index (χ0v) is 8.82. The van der Waals surface area contributed by atoms with Gasteiger partial charge in [0.2, 0.25) is 0 Å². The van der Waals surface area contributed by atoms with Gasteiger partial charge in [0, 0.05) is 31.5 Å². The summed E-state index contributed by atoms with van der Waals surface area (Å²) >= 11 is 0. The number of hydrogen-bond acceptors (Lipinski definition) is 2. The molecule has 3 heteroatoms. The second-order valence-corrected chi connectivity index (χ2v) is 4.37. The van der Waals surface area contributed by atoms with Crippen LogP contribution in [0.2, 0.25) is 0 Å². The smallest absolute Gasteiger partial charge is 0.0946 e. The van der Waals surface area contributed by atoms with Crippen LogP contribution >= 0.6 is 0 Å². The molecule has 1 aromatic rings. The van der Waals surface area contributed by atoms with Gasteiger partial charge < -0.3 is 9.88 Å². The van der Waals surface area contributed by atoms with Crippen LogP contribution in [0.3, 0.4) is 0 Å². The lowest BCUT2D eigenvalue weighted by atomic mass is 10.1. The van der Waals surface area contributed by atoms with Crippen LogP contribution in [-0.4, -0.2) is 22.1 Å². The first-order chi connectivity index (χ1) is 6.84. The molecule has 0 spiro atoms. The predicted octanol–water partition coefficient (Wildman–Crippen LogP) is 1.66. The van der Waals surface area contributed by atoms with E-state index in [9.17, 15) is 0 Å². The molecule has 1 heterocycles. The maximum absolute atomic E-state index is 4.02. The molecule has 0 saturated heterocycles. The molecule has 78 valence electrons. The van der Waals surface area contributed by atoms with Gasteiger partial charge in [-0.05, 0) is 25.2 Å². The van der Waals surface area contributed by atoms with Gasteiger partial charge in [-0.25, -0.2) is 4.98 Å². The number of hydrogen-bond donors (Lipinski definition) is 1. The Morgan fingerprint density at radius 3 is 3.07 bits per heavy atom. The van der Waals surface area contributed by atoms with Crippen LogP contribution in [0.4, 0.5) is 0 Å². The van der Waals surface area contributed by atoms with Crippen molar-refractivity contribution in [3.8, 4) is 0 Å². The van der Waals surface area contributed by atoms with Gasteiger partial charge in [-0.1, -0.05) is 6.92 Å². The summed E-state index contributed by atoms with van der Waals surface area (Å²) in [4.78, 5) is 4.02. The second-order valence-electron chi connectivity index (χ2n) is 4.37. The molecule has 3 nitrogen and oxygen atoms in total. The highest BCUT2D eigenvalue weighted by atomic mass is 15.0. The van der Waals surface area contributed by atoms with Crippen LogP contribution in [-0.2, 0) is 6.54 Å². The fraction of sp³-hybridized carbons (Fsp3) is 0.727. The summed E-state index contributed by atoms with van der Waals surface area (Å²) in [5.41, 5.74) is 0. The summed E-state index contributed by atoms with van der Waals surface area (Å²) in [5, 5.41) is 3.60. The Bertz CT molecular complexity index is 256. The maximum Gasteiger partial charge on any atom is 0.0946 e. The summed E-state index contributed by atoms with van der Waals surface area (Å²) in [7, 11) is 0. The summed E-state index contributed by atoms with van der Waals surface area (Å²) in [6.07, 6.45) is 9.81. The summed E-state index contributed by atoms with van der Waals surface area (Å²) in [6.45, 7) is 4.44. The minimum atomic E-state index is 0.758. The van der Waals surface area contributed by atoms with Gasteiger partial charge in [0.25, 0.3) is 0 Å². The van der Waals surface area contributed by atoms with Gasteiger partial charge in [0.1, 0.15) is 0 Å². The molecule has 1 aromatic heterocycles. The Hall–Kier alpha value is -0.830. The third-order valence-electron chi connectivity index (χ3n) is 3.06.